The lowest BCUT2D eigenvalue weighted by Gasteiger charge is -2.63. The zero-order chi connectivity index (χ0) is 42.5. The number of aliphatic hydroxyl groups is 2. The third kappa shape index (κ3) is 7.68. The van der Waals surface area contributed by atoms with Gasteiger partial charge in [0.25, 0.3) is 0 Å². The molecule has 1 aromatic carbocycles. The van der Waals surface area contributed by atoms with Gasteiger partial charge < -0.3 is 14.8 Å². The highest BCUT2D eigenvalue weighted by molar-refractivity contribution is 9.09. The van der Waals surface area contributed by atoms with Crippen molar-refractivity contribution in [2.45, 2.75) is 203 Å². The predicted octanol–water partition coefficient (Wildman–Crippen LogP) is 13.4. The molecular weight excluding hydrogens is 833 g/mol. The zero-order valence-corrected chi connectivity index (χ0v) is 39.8. The molecule has 0 amide bonds. The van der Waals surface area contributed by atoms with Crippen molar-refractivity contribution in [3.63, 3.8) is 0 Å². The van der Waals surface area contributed by atoms with Crippen LogP contribution in [0.3, 0.4) is 0 Å². The number of nitrogens with zero attached hydrogens (tertiary/aromatic N) is 2. The Hall–Kier alpha value is -1.57. The van der Waals surface area contributed by atoms with Gasteiger partial charge in [0.15, 0.2) is 5.78 Å². The van der Waals surface area contributed by atoms with Crippen LogP contribution in [-0.2, 0) is 16.1 Å². The van der Waals surface area contributed by atoms with Gasteiger partial charge in [0.1, 0.15) is 5.78 Å². The van der Waals surface area contributed by atoms with Gasteiger partial charge in [0.2, 0.25) is 0 Å². The standard InChI is InChI=1S/C30H42N2O2.C23H37BrO2.2CH4/c1-4-30-16-15-28(2,34)17-20(30)9-10-21-22-11-12-24(29(22,3)14-13-23(21)30)27(33)18-32-19-31-25-7-5-6-8-26(25)32;1-4-23-12-11-21(2,26)13-15(23)5-6-16-17-7-8-19(20(25)14-24)22(17,3)10-9-18(16)23;;/h5-8,19-24,34H,4,9-18H2,1-3H3;15-19,26H,4-14H2,1-3H3;2*1H4/t20-,21-,22-,23-,24+,28+,29-,30-;15-,16-,17-,18-,19+,21+,22-,23-;;/m00../s1. The number of aromatic nitrogens is 2. The number of alkyl halides is 1. The number of ketones is 2. The summed E-state index contributed by atoms with van der Waals surface area (Å²) in [5.74, 6) is 7.37. The summed E-state index contributed by atoms with van der Waals surface area (Å²) in [6, 6.07) is 8.14. The monoisotopic (exact) mass is 919 g/mol. The van der Waals surface area contributed by atoms with E-state index in [0.29, 0.717) is 52.0 Å². The van der Waals surface area contributed by atoms with Gasteiger partial charge in [-0.3, -0.25) is 9.59 Å². The van der Waals surface area contributed by atoms with Gasteiger partial charge in [-0.25, -0.2) is 4.98 Å². The fourth-order valence-electron chi connectivity index (χ4n) is 18.5. The smallest absolute Gasteiger partial charge is 0.156 e. The summed E-state index contributed by atoms with van der Waals surface area (Å²) >= 11 is 3.44. The van der Waals surface area contributed by atoms with Crippen molar-refractivity contribution in [1.82, 2.24) is 9.55 Å². The van der Waals surface area contributed by atoms with E-state index in [4.69, 9.17) is 0 Å². The number of hydrogen-bond donors (Lipinski definition) is 2. The molecular formula is C55H87BrN2O4. The summed E-state index contributed by atoms with van der Waals surface area (Å²) in [5.41, 5.74) is 2.40. The van der Waals surface area contributed by atoms with Gasteiger partial charge in [0.05, 0.1) is 40.4 Å². The van der Waals surface area contributed by atoms with E-state index < -0.39 is 11.2 Å². The van der Waals surface area contributed by atoms with Crippen molar-refractivity contribution in [1.29, 1.82) is 0 Å². The lowest BCUT2D eigenvalue weighted by molar-refractivity contribution is -0.158. The van der Waals surface area contributed by atoms with Gasteiger partial charge in [0, 0.05) is 11.8 Å². The molecule has 0 bridgehead atoms. The average Bonchev–Trinajstić information content (AvgIpc) is 3.92. The number of halogens is 1. The van der Waals surface area contributed by atoms with Crippen LogP contribution in [0, 0.1) is 80.8 Å². The first-order chi connectivity index (χ1) is 28.5. The summed E-state index contributed by atoms with van der Waals surface area (Å²) in [6.07, 6.45) is 25.7. The minimum atomic E-state index is -0.471. The van der Waals surface area contributed by atoms with Crippen molar-refractivity contribution < 1.29 is 19.8 Å². The molecule has 1 heterocycles. The first-order valence-corrected chi connectivity index (χ1v) is 26.1. The van der Waals surface area contributed by atoms with Crippen molar-refractivity contribution in [2.24, 2.45) is 80.8 Å². The highest BCUT2D eigenvalue weighted by Crippen LogP contribution is 2.71. The zero-order valence-electron chi connectivity index (χ0n) is 38.2. The van der Waals surface area contributed by atoms with E-state index in [9.17, 15) is 19.8 Å². The highest BCUT2D eigenvalue weighted by atomic mass is 79.9. The lowest BCUT2D eigenvalue weighted by Crippen LogP contribution is -2.56. The summed E-state index contributed by atoms with van der Waals surface area (Å²) in [7, 11) is 0. The molecule has 7 heteroatoms. The number of fused-ring (bicyclic) bond motifs is 11. The summed E-state index contributed by atoms with van der Waals surface area (Å²) in [6.45, 7) is 14.3. The predicted molar refractivity (Wildman–Crippen MR) is 258 cm³/mol. The number of benzene rings is 1. The number of Topliss-reactive ketones (excluding diaryl/α,β-unsaturated/α-hetero) is 2. The molecule has 0 unspecified atom stereocenters. The summed E-state index contributed by atoms with van der Waals surface area (Å²) < 4.78 is 2.06. The van der Waals surface area contributed by atoms with E-state index in [-0.39, 0.29) is 37.5 Å². The van der Waals surface area contributed by atoms with Crippen LogP contribution in [0.2, 0.25) is 0 Å². The molecule has 62 heavy (non-hydrogen) atoms. The van der Waals surface area contributed by atoms with Crippen molar-refractivity contribution >= 4 is 38.5 Å². The van der Waals surface area contributed by atoms with Crippen LogP contribution in [0.15, 0.2) is 30.6 Å². The van der Waals surface area contributed by atoms with Crippen LogP contribution in [0.1, 0.15) is 185 Å². The second kappa shape index (κ2) is 17.6. The number of para-hydroxylation sites is 2. The Kier molecular flexibility index (Phi) is 13.7. The molecule has 8 fully saturated rings. The van der Waals surface area contributed by atoms with Crippen molar-refractivity contribution in [2.75, 3.05) is 5.33 Å². The molecule has 10 rings (SSSR count). The van der Waals surface area contributed by atoms with Crippen LogP contribution in [-0.4, -0.2) is 47.9 Å². The Labute approximate surface area is 385 Å². The molecule has 2 aromatic rings. The van der Waals surface area contributed by atoms with E-state index in [1.54, 1.807) is 0 Å². The van der Waals surface area contributed by atoms with Gasteiger partial charge in [-0.15, -0.1) is 0 Å². The van der Waals surface area contributed by atoms with E-state index in [2.05, 4.69) is 73.1 Å². The molecule has 0 aliphatic heterocycles. The van der Waals surface area contributed by atoms with Crippen LogP contribution in [0.25, 0.3) is 11.0 Å². The Morgan fingerprint density at radius 2 is 1.13 bits per heavy atom. The number of hydrogen-bond acceptors (Lipinski definition) is 5. The Bertz CT molecular complexity index is 1920. The first-order valence-electron chi connectivity index (χ1n) is 25.0. The maximum Gasteiger partial charge on any atom is 0.156 e. The fraction of sp³-hybridized carbons (Fsp3) is 0.836. The highest BCUT2D eigenvalue weighted by Gasteiger charge is 2.64. The molecule has 0 saturated heterocycles. The summed E-state index contributed by atoms with van der Waals surface area (Å²) in [5, 5.41) is 22.1. The Morgan fingerprint density at radius 3 is 1.61 bits per heavy atom. The maximum atomic E-state index is 13.7. The van der Waals surface area contributed by atoms with Gasteiger partial charge in [-0.05, 0) is 223 Å². The van der Waals surface area contributed by atoms with E-state index in [1.165, 1.54) is 89.9 Å². The number of imidazole rings is 1. The van der Waals surface area contributed by atoms with Gasteiger partial charge in [-0.2, -0.15) is 0 Å². The van der Waals surface area contributed by atoms with Crippen LogP contribution in [0.5, 0.6) is 0 Å². The van der Waals surface area contributed by atoms with E-state index in [1.807, 2.05) is 24.5 Å². The molecule has 0 radical (unpaired) electrons. The molecule has 8 aliphatic carbocycles. The second-order valence-electron chi connectivity index (χ2n) is 23.7. The number of carbonyl (C=O) groups is 2. The largest absolute Gasteiger partial charge is 0.390 e. The fourth-order valence-corrected chi connectivity index (χ4v) is 18.8. The molecule has 1 aromatic heterocycles. The Morgan fingerprint density at radius 1 is 0.645 bits per heavy atom. The minimum Gasteiger partial charge on any atom is -0.390 e. The quantitative estimate of drug-likeness (QED) is 0.270. The van der Waals surface area contributed by atoms with E-state index >= 15 is 0 Å². The summed E-state index contributed by atoms with van der Waals surface area (Å²) in [4.78, 5) is 30.8. The molecule has 16 atom stereocenters. The van der Waals surface area contributed by atoms with Crippen LogP contribution >= 0.6 is 15.9 Å². The van der Waals surface area contributed by atoms with E-state index in [0.717, 1.165) is 79.1 Å². The molecule has 2 N–H and O–H groups in total. The molecule has 0 spiro atoms. The normalized spacial score (nSPS) is 46.5. The molecule has 8 saturated carbocycles. The van der Waals surface area contributed by atoms with Gasteiger partial charge >= 0.3 is 0 Å². The Balaban J connectivity index is 0.000000187. The van der Waals surface area contributed by atoms with Gasteiger partial charge in [-0.1, -0.05) is 70.6 Å². The average molecular weight is 920 g/mol. The SMILES string of the molecule is C.C.CC[C@]12CC[C@@](C)(O)C[C@@H]1CC[C@H]1[C@@H]3CC[C@H](C(=O)CBr)[C@@]3(C)CC[C@@H]12.CC[C@]12CC[C@@](C)(O)C[C@@H]1CC[C@H]1[C@@H]3CC[C@H](C(=O)Cn4cnc5ccccc54)[C@@]3(C)CC[C@@H]12. The second-order valence-corrected chi connectivity index (χ2v) is 24.2. The van der Waals surface area contributed by atoms with Crippen LogP contribution < -0.4 is 0 Å². The lowest BCUT2D eigenvalue weighted by atomic mass is 9.42. The minimum absolute atomic E-state index is 0. The third-order valence-electron chi connectivity index (χ3n) is 21.4. The molecule has 6 nitrogen and oxygen atoms in total. The molecule has 348 valence electrons. The molecule has 8 aliphatic rings. The number of rotatable bonds is 7. The van der Waals surface area contributed by atoms with Crippen molar-refractivity contribution in [3.8, 4) is 0 Å². The first kappa shape index (κ1) is 48.4. The topological polar surface area (TPSA) is 92.4 Å². The van der Waals surface area contributed by atoms with Crippen molar-refractivity contribution in [3.05, 3.63) is 30.6 Å². The van der Waals surface area contributed by atoms with Crippen LogP contribution in [0.4, 0.5) is 0 Å². The number of carbonyl (C=O) groups excluding carboxylic acids is 2. The third-order valence-corrected chi connectivity index (χ3v) is 21.9. The maximum absolute atomic E-state index is 13.7.